The van der Waals surface area contributed by atoms with Crippen LogP contribution in [-0.2, 0) is 19.5 Å². The summed E-state index contributed by atoms with van der Waals surface area (Å²) in [5.74, 6) is 0. The first kappa shape index (κ1) is 39.7. The molecule has 0 radical (unpaired) electrons. The quantitative estimate of drug-likeness (QED) is 0.146. The van der Waals surface area contributed by atoms with Gasteiger partial charge in [0.25, 0.3) is 0 Å². The molecule has 0 heterocycles. The Morgan fingerprint density at radius 2 is 1.08 bits per heavy atom. The average molecular weight is 469 g/mol. The third-order valence-electron chi connectivity index (χ3n) is 2.76. The van der Waals surface area contributed by atoms with E-state index in [2.05, 4.69) is 11.4 Å². The van der Waals surface area contributed by atoms with Crippen molar-refractivity contribution in [3.8, 4) is 0 Å². The maximum absolute atomic E-state index is 10.4. The zero-order valence-electron chi connectivity index (χ0n) is 13.1. The molecule has 0 amide bonds. The van der Waals surface area contributed by atoms with Gasteiger partial charge >= 0.3 is 151 Å². The fourth-order valence-corrected chi connectivity index (χ4v) is 2.14. The topological polar surface area (TPSA) is 141 Å². The molecular weight excluding hydrogens is 436 g/mol. The summed E-state index contributed by atoms with van der Waals surface area (Å²) < 4.78 is 46.3. The van der Waals surface area contributed by atoms with E-state index in [1.165, 1.54) is 44.9 Å². The Morgan fingerprint density at radius 1 is 0.800 bits per heavy atom. The van der Waals surface area contributed by atoms with Crippen molar-refractivity contribution < 1.29 is 36.4 Å². The minimum absolute atomic E-state index is 0. The molecule has 0 aliphatic carbocycles. The van der Waals surface area contributed by atoms with E-state index in [-0.39, 0.29) is 139 Å². The first-order valence-corrected chi connectivity index (χ1v) is 10.4. The molecule has 8 nitrogen and oxygen atoms in total. The van der Waals surface area contributed by atoms with Crippen LogP contribution in [0.1, 0.15) is 71.1 Å². The van der Waals surface area contributed by atoms with Crippen LogP contribution in [-0.4, -0.2) is 166 Å². The Morgan fingerprint density at radius 3 is 1.36 bits per heavy atom. The summed E-state index contributed by atoms with van der Waals surface area (Å²) in [5, 5.41) is 0. The van der Waals surface area contributed by atoms with Gasteiger partial charge in [0, 0.05) is 0 Å². The van der Waals surface area contributed by atoms with Crippen LogP contribution in [0.5, 0.6) is 0 Å². The van der Waals surface area contributed by atoms with E-state index in [1.54, 1.807) is 0 Å². The molecule has 0 aromatic rings. The Bertz CT molecular complexity index is 387. The molecule has 0 aromatic heterocycles. The Hall–Kier alpha value is 4.25. The van der Waals surface area contributed by atoms with Gasteiger partial charge in [-0.2, -0.15) is 8.42 Å². The first-order chi connectivity index (χ1) is 10.1. The molecule has 0 fully saturated rings. The molecule has 0 rings (SSSR count). The molecule has 0 saturated heterocycles. The summed E-state index contributed by atoms with van der Waals surface area (Å²) in [5.41, 5.74) is 0. The van der Waals surface area contributed by atoms with E-state index in [9.17, 15) is 4.57 Å². The summed E-state index contributed by atoms with van der Waals surface area (Å²) in [6, 6.07) is 0. The fourth-order valence-electron chi connectivity index (χ4n) is 1.77. The average Bonchev–Trinajstić information content (AvgIpc) is 2.32. The molecule has 142 valence electrons. The van der Waals surface area contributed by atoms with Crippen LogP contribution in [0.2, 0.25) is 0 Å². The van der Waals surface area contributed by atoms with Crippen molar-refractivity contribution in [1.29, 1.82) is 0 Å². The van der Waals surface area contributed by atoms with Crippen LogP contribution >= 0.6 is 7.82 Å². The molecule has 0 aliphatic rings. The number of rotatable bonds is 12. The predicted molar refractivity (Wildman–Crippen MR) is 105 cm³/mol. The Balaban J connectivity index is -0.000000147. The Kier molecular flexibility index (Phi) is 41.7. The van der Waals surface area contributed by atoms with E-state index < -0.39 is 18.2 Å². The van der Waals surface area contributed by atoms with E-state index >= 15 is 0 Å². The standard InChI is InChI=1S/C12H27O4P.2K.Na.H2O4S.3H/c1-2-3-4-5-6-7-8-9-10-11-12-16-17(13,14)15;;;;1-5(2,3)4;;;/h2-12H2,1H3,(H2,13,14,15);;;;(H2,1,2,3,4);;;. The third kappa shape index (κ3) is 58.4. The summed E-state index contributed by atoms with van der Waals surface area (Å²) in [7, 11) is -8.91. The number of unbranched alkanes of at least 4 members (excludes halogenated alkanes) is 9. The van der Waals surface area contributed by atoms with E-state index in [4.69, 9.17) is 27.3 Å². The Labute approximate surface area is 259 Å². The molecule has 13 heteroatoms. The van der Waals surface area contributed by atoms with Crippen molar-refractivity contribution in [3.05, 3.63) is 0 Å². The van der Waals surface area contributed by atoms with Gasteiger partial charge in [-0.05, 0) is 6.42 Å². The second kappa shape index (κ2) is 26.3. The van der Waals surface area contributed by atoms with Crippen molar-refractivity contribution in [2.75, 3.05) is 6.61 Å². The molecule has 0 aromatic carbocycles. The van der Waals surface area contributed by atoms with E-state index in [0.29, 0.717) is 0 Å². The van der Waals surface area contributed by atoms with E-state index in [1.807, 2.05) is 0 Å². The van der Waals surface area contributed by atoms with Crippen LogP contribution < -0.4 is 0 Å². The van der Waals surface area contributed by atoms with Gasteiger partial charge in [0.2, 0.25) is 0 Å². The van der Waals surface area contributed by atoms with Crippen molar-refractivity contribution in [2.24, 2.45) is 0 Å². The van der Waals surface area contributed by atoms with Crippen LogP contribution in [0.25, 0.3) is 0 Å². The second-order valence-corrected chi connectivity index (χ2v) is 7.09. The maximum atomic E-state index is 10.4. The van der Waals surface area contributed by atoms with Gasteiger partial charge < -0.3 is 9.79 Å². The molecule has 4 N–H and O–H groups in total. The SMILES string of the molecule is CCCCCCCCCCCCOP(=O)(O)O.O=S(=O)(O)O.[KH].[KH].[NaH]. The monoisotopic (exact) mass is 468 g/mol. The van der Waals surface area contributed by atoms with Gasteiger partial charge in [0.1, 0.15) is 0 Å². The molecular formula is C12H32K2NaO8PS. The second-order valence-electron chi connectivity index (χ2n) is 4.95. The number of phosphoric ester groups is 1. The summed E-state index contributed by atoms with van der Waals surface area (Å²) >= 11 is 0. The molecule has 0 saturated carbocycles. The van der Waals surface area contributed by atoms with Crippen LogP contribution in [0.15, 0.2) is 0 Å². The molecule has 0 atom stereocenters. The molecule has 0 aliphatic heterocycles. The van der Waals surface area contributed by atoms with Gasteiger partial charge in [0.05, 0.1) is 6.61 Å². The normalized spacial score (nSPS) is 10.4. The third-order valence-corrected chi connectivity index (χ3v) is 3.28. The number of hydrogen-bond donors (Lipinski definition) is 4. The zero-order chi connectivity index (χ0) is 17.5. The van der Waals surface area contributed by atoms with Crippen LogP contribution in [0, 0.1) is 0 Å². The van der Waals surface area contributed by atoms with Crippen molar-refractivity contribution in [2.45, 2.75) is 71.1 Å². The van der Waals surface area contributed by atoms with Crippen molar-refractivity contribution in [3.63, 3.8) is 0 Å². The molecule has 0 bridgehead atoms. The van der Waals surface area contributed by atoms with Gasteiger partial charge in [0.15, 0.2) is 0 Å². The zero-order valence-corrected chi connectivity index (χ0v) is 14.8. The van der Waals surface area contributed by atoms with Gasteiger partial charge in [-0.15, -0.1) is 0 Å². The van der Waals surface area contributed by atoms with Crippen molar-refractivity contribution in [1.82, 2.24) is 0 Å². The van der Waals surface area contributed by atoms with Gasteiger partial charge in [-0.1, -0.05) is 64.7 Å². The minimum atomic E-state index is -4.67. The summed E-state index contributed by atoms with van der Waals surface area (Å²) in [6.07, 6.45) is 12.0. The van der Waals surface area contributed by atoms with Gasteiger partial charge in [-0.3, -0.25) is 13.6 Å². The summed E-state index contributed by atoms with van der Waals surface area (Å²) in [4.78, 5) is 16.9. The van der Waals surface area contributed by atoms with E-state index in [0.717, 1.165) is 19.3 Å². The molecule has 25 heavy (non-hydrogen) atoms. The van der Waals surface area contributed by atoms with Gasteiger partial charge in [-0.25, -0.2) is 4.57 Å². The van der Waals surface area contributed by atoms with Crippen LogP contribution in [0.4, 0.5) is 0 Å². The molecule has 0 unspecified atom stereocenters. The van der Waals surface area contributed by atoms with Crippen molar-refractivity contribution >= 4 is 151 Å². The predicted octanol–water partition coefficient (Wildman–Crippen LogP) is 1.42. The number of hydrogen-bond acceptors (Lipinski definition) is 4. The number of phosphoric acid groups is 1. The van der Waals surface area contributed by atoms with Crippen LogP contribution in [0.3, 0.4) is 0 Å². The fraction of sp³-hybridized carbons (Fsp3) is 1.00. The summed E-state index contributed by atoms with van der Waals surface area (Å²) in [6.45, 7) is 2.39. The first-order valence-electron chi connectivity index (χ1n) is 7.46. The molecule has 0 spiro atoms.